The number of fused-ring (bicyclic) bond motifs is 6. The Labute approximate surface area is 173 Å². The van der Waals surface area contributed by atoms with Crippen LogP contribution in [0.2, 0.25) is 0 Å². The molecule has 30 heavy (non-hydrogen) atoms. The van der Waals surface area contributed by atoms with E-state index < -0.39 is 0 Å². The van der Waals surface area contributed by atoms with Crippen LogP contribution in [0.15, 0.2) is 72.8 Å². The van der Waals surface area contributed by atoms with Crippen molar-refractivity contribution in [3.05, 3.63) is 112 Å². The van der Waals surface area contributed by atoms with Crippen molar-refractivity contribution in [1.29, 1.82) is 0 Å². The second-order valence-corrected chi connectivity index (χ2v) is 8.15. The zero-order chi connectivity index (χ0) is 20.4. The number of allylic oxidation sites excluding steroid dienone is 2. The Morgan fingerprint density at radius 1 is 0.833 bits per heavy atom. The van der Waals surface area contributed by atoms with Gasteiger partial charge in [0.2, 0.25) is 0 Å². The third kappa shape index (κ3) is 2.25. The summed E-state index contributed by atoms with van der Waals surface area (Å²) in [6.45, 7) is 0. The van der Waals surface area contributed by atoms with Gasteiger partial charge in [0.05, 0.1) is 6.04 Å². The Hall–Kier alpha value is -3.53. The van der Waals surface area contributed by atoms with Crippen molar-refractivity contribution >= 4 is 17.3 Å². The first-order valence-electron chi connectivity index (χ1n) is 10.2. The molecule has 1 N–H and O–H groups in total. The smallest absolute Gasteiger partial charge is 0.194 e. The van der Waals surface area contributed by atoms with Crippen molar-refractivity contribution in [3.8, 4) is 0 Å². The van der Waals surface area contributed by atoms with E-state index in [-0.39, 0.29) is 35.3 Å². The first-order chi connectivity index (χ1) is 14.6. The predicted molar refractivity (Wildman–Crippen MR) is 113 cm³/mol. The fourth-order valence-corrected chi connectivity index (χ4v) is 5.32. The molecule has 1 aliphatic heterocycles. The standard InChI is InChI=1S/C26H18FNO2/c27-20-11-4-3-8-18(20)24-15-10-5-9-14(15)22-21(28-24)13-12-19-23(22)26(30)17-7-2-1-6-16(17)25(19)29/h1-9,11-15,24,28H,10H2/t14-,15+,24-/m1/s1. The van der Waals surface area contributed by atoms with Gasteiger partial charge < -0.3 is 5.32 Å². The molecule has 0 amide bonds. The second kappa shape index (κ2) is 6.23. The summed E-state index contributed by atoms with van der Waals surface area (Å²) >= 11 is 0. The van der Waals surface area contributed by atoms with Gasteiger partial charge in [-0.1, -0.05) is 54.6 Å². The topological polar surface area (TPSA) is 46.2 Å². The zero-order valence-corrected chi connectivity index (χ0v) is 16.1. The predicted octanol–water partition coefficient (Wildman–Crippen LogP) is 5.43. The van der Waals surface area contributed by atoms with Crippen LogP contribution in [-0.2, 0) is 0 Å². The minimum atomic E-state index is -0.234. The van der Waals surface area contributed by atoms with Crippen molar-refractivity contribution < 1.29 is 14.0 Å². The van der Waals surface area contributed by atoms with Crippen molar-refractivity contribution in [1.82, 2.24) is 0 Å². The summed E-state index contributed by atoms with van der Waals surface area (Å²) in [7, 11) is 0. The summed E-state index contributed by atoms with van der Waals surface area (Å²) in [5.74, 6) is -0.411. The van der Waals surface area contributed by atoms with Crippen LogP contribution in [0.25, 0.3) is 0 Å². The monoisotopic (exact) mass is 395 g/mol. The summed E-state index contributed by atoms with van der Waals surface area (Å²) in [6.07, 6.45) is 5.00. The molecule has 0 saturated carbocycles. The highest BCUT2D eigenvalue weighted by Crippen LogP contribution is 2.52. The van der Waals surface area contributed by atoms with Gasteiger partial charge in [-0.25, -0.2) is 4.39 Å². The Kier molecular flexibility index (Phi) is 3.60. The van der Waals surface area contributed by atoms with E-state index in [2.05, 4.69) is 17.5 Å². The van der Waals surface area contributed by atoms with Crippen LogP contribution in [0, 0.1) is 11.7 Å². The van der Waals surface area contributed by atoms with Crippen LogP contribution in [0.3, 0.4) is 0 Å². The van der Waals surface area contributed by atoms with Gasteiger partial charge in [0.1, 0.15) is 5.82 Å². The lowest BCUT2D eigenvalue weighted by Crippen LogP contribution is -2.33. The summed E-state index contributed by atoms with van der Waals surface area (Å²) in [5, 5.41) is 3.49. The van der Waals surface area contributed by atoms with Crippen molar-refractivity contribution in [2.75, 3.05) is 5.32 Å². The number of hydrogen-bond donors (Lipinski definition) is 1. The Bertz CT molecular complexity index is 1280. The largest absolute Gasteiger partial charge is 0.378 e. The Morgan fingerprint density at radius 3 is 2.37 bits per heavy atom. The maximum absolute atomic E-state index is 14.6. The molecule has 0 unspecified atom stereocenters. The maximum Gasteiger partial charge on any atom is 0.194 e. The molecule has 1 heterocycles. The summed E-state index contributed by atoms with van der Waals surface area (Å²) in [4.78, 5) is 26.6. The third-order valence-electron chi connectivity index (χ3n) is 6.66. The number of halogens is 1. The van der Waals surface area contributed by atoms with E-state index in [9.17, 15) is 14.0 Å². The minimum absolute atomic E-state index is 0.0391. The molecule has 4 heteroatoms. The van der Waals surface area contributed by atoms with Gasteiger partial charge in [-0.3, -0.25) is 9.59 Å². The molecule has 0 radical (unpaired) electrons. The van der Waals surface area contributed by atoms with Crippen molar-refractivity contribution in [2.45, 2.75) is 18.4 Å². The fraction of sp³-hybridized carbons (Fsp3) is 0.154. The van der Waals surface area contributed by atoms with Crippen LogP contribution >= 0.6 is 0 Å². The molecule has 0 aromatic heterocycles. The summed E-state index contributed by atoms with van der Waals surface area (Å²) in [6, 6.07) is 17.2. The van der Waals surface area contributed by atoms with E-state index in [1.807, 2.05) is 18.2 Å². The highest BCUT2D eigenvalue weighted by atomic mass is 19.1. The molecular weight excluding hydrogens is 377 g/mol. The molecule has 0 saturated heterocycles. The van der Waals surface area contributed by atoms with E-state index in [1.165, 1.54) is 6.07 Å². The van der Waals surface area contributed by atoms with Gasteiger partial charge in [0.25, 0.3) is 0 Å². The number of anilines is 1. The van der Waals surface area contributed by atoms with Gasteiger partial charge in [-0.05, 0) is 36.1 Å². The van der Waals surface area contributed by atoms with Gasteiger partial charge >= 0.3 is 0 Å². The molecule has 0 spiro atoms. The average molecular weight is 395 g/mol. The summed E-state index contributed by atoms with van der Waals surface area (Å²) < 4.78 is 14.6. The van der Waals surface area contributed by atoms with Crippen LogP contribution in [0.5, 0.6) is 0 Å². The molecule has 3 aliphatic rings. The molecule has 3 aromatic carbocycles. The number of carbonyl (C=O) groups excluding carboxylic acids is 2. The molecule has 0 fully saturated rings. The lowest BCUT2D eigenvalue weighted by Gasteiger charge is -2.39. The van der Waals surface area contributed by atoms with Gasteiger partial charge in [0.15, 0.2) is 11.6 Å². The molecule has 146 valence electrons. The van der Waals surface area contributed by atoms with Gasteiger partial charge in [-0.2, -0.15) is 0 Å². The van der Waals surface area contributed by atoms with Gasteiger partial charge in [-0.15, -0.1) is 0 Å². The molecule has 3 aromatic rings. The Balaban J connectivity index is 1.55. The highest BCUT2D eigenvalue weighted by molar-refractivity contribution is 6.29. The number of rotatable bonds is 1. The fourth-order valence-electron chi connectivity index (χ4n) is 5.32. The van der Waals surface area contributed by atoms with Crippen molar-refractivity contribution in [3.63, 3.8) is 0 Å². The SMILES string of the molecule is O=C1c2ccccc2C(=O)c2c1ccc1c2[C@@H]2C=CC[C@@H]2[C@H](c2ccccc2F)N1. The lowest BCUT2D eigenvalue weighted by atomic mass is 9.71. The molecular formula is C26H18FNO2. The van der Waals surface area contributed by atoms with E-state index in [4.69, 9.17) is 0 Å². The van der Waals surface area contributed by atoms with Gasteiger partial charge in [0, 0.05) is 39.4 Å². The number of carbonyl (C=O) groups is 2. The van der Waals surface area contributed by atoms with E-state index in [0.29, 0.717) is 27.8 Å². The minimum Gasteiger partial charge on any atom is -0.378 e. The van der Waals surface area contributed by atoms with Crippen LogP contribution in [-0.4, -0.2) is 11.6 Å². The molecule has 2 aliphatic carbocycles. The first kappa shape index (κ1) is 17.3. The van der Waals surface area contributed by atoms with E-state index in [1.54, 1.807) is 36.4 Å². The number of hydrogen-bond acceptors (Lipinski definition) is 3. The van der Waals surface area contributed by atoms with Crippen molar-refractivity contribution in [2.24, 2.45) is 5.92 Å². The van der Waals surface area contributed by atoms with E-state index in [0.717, 1.165) is 17.7 Å². The number of nitrogens with one attached hydrogen (secondary N) is 1. The lowest BCUT2D eigenvalue weighted by molar-refractivity contribution is 0.0978. The quantitative estimate of drug-likeness (QED) is 0.437. The number of benzene rings is 3. The highest BCUT2D eigenvalue weighted by Gasteiger charge is 2.43. The zero-order valence-electron chi connectivity index (χ0n) is 16.1. The van der Waals surface area contributed by atoms with Crippen LogP contribution in [0.4, 0.5) is 10.1 Å². The van der Waals surface area contributed by atoms with E-state index >= 15 is 0 Å². The molecule has 3 atom stereocenters. The summed E-state index contributed by atoms with van der Waals surface area (Å²) in [5.41, 5.74) is 4.17. The molecule has 3 nitrogen and oxygen atoms in total. The molecule has 6 rings (SSSR count). The maximum atomic E-state index is 14.6. The molecule has 0 bridgehead atoms. The third-order valence-corrected chi connectivity index (χ3v) is 6.66. The normalized spacial score (nSPS) is 23.3. The number of ketones is 2. The Morgan fingerprint density at radius 2 is 1.57 bits per heavy atom. The van der Waals surface area contributed by atoms with Crippen LogP contribution < -0.4 is 5.32 Å². The first-order valence-corrected chi connectivity index (χ1v) is 10.2. The average Bonchev–Trinajstić information content (AvgIpc) is 3.27. The van der Waals surface area contributed by atoms with Crippen LogP contribution in [0.1, 0.15) is 61.4 Å². The second-order valence-electron chi connectivity index (χ2n) is 8.15.